The number of halogens is 1. The zero-order chi connectivity index (χ0) is 14.6. The van der Waals surface area contributed by atoms with Crippen LogP contribution in [0.1, 0.15) is 19.4 Å². The molecule has 1 rings (SSSR count). The predicted molar refractivity (Wildman–Crippen MR) is 76.6 cm³/mol. The maximum absolute atomic E-state index is 11.4. The van der Waals surface area contributed by atoms with Crippen molar-refractivity contribution in [1.82, 2.24) is 5.32 Å². The molecule has 0 saturated carbocycles. The third kappa shape index (κ3) is 5.48. The molecule has 1 aromatic rings. The van der Waals surface area contributed by atoms with Crippen LogP contribution in [-0.4, -0.2) is 20.6 Å². The van der Waals surface area contributed by atoms with Crippen LogP contribution in [0.2, 0.25) is 5.02 Å². The van der Waals surface area contributed by atoms with Crippen molar-refractivity contribution in [2.24, 2.45) is 5.92 Å². The summed E-state index contributed by atoms with van der Waals surface area (Å²) < 4.78 is 24.5. The van der Waals surface area contributed by atoms with Gasteiger partial charge in [-0.2, -0.15) is 0 Å². The molecule has 0 aliphatic rings. The van der Waals surface area contributed by atoms with Crippen molar-refractivity contribution >= 4 is 33.2 Å². The highest BCUT2D eigenvalue weighted by Crippen LogP contribution is 2.21. The molecule has 106 valence electrons. The fraction of sp³-hybridized carbons (Fsp3) is 0.417. The lowest BCUT2D eigenvalue weighted by atomic mass is 10.1. The van der Waals surface area contributed by atoms with Gasteiger partial charge in [0.25, 0.3) is 0 Å². The Morgan fingerprint density at radius 3 is 2.47 bits per heavy atom. The Bertz CT molecular complexity index is 570. The van der Waals surface area contributed by atoms with Gasteiger partial charge in [0.2, 0.25) is 15.9 Å². The molecule has 0 aliphatic carbocycles. The minimum absolute atomic E-state index is 0.0607. The summed E-state index contributed by atoms with van der Waals surface area (Å²) in [5, 5.41) is 3.15. The van der Waals surface area contributed by atoms with Gasteiger partial charge in [-0.3, -0.25) is 9.52 Å². The molecule has 5 nitrogen and oxygen atoms in total. The Morgan fingerprint density at radius 1 is 1.37 bits per heavy atom. The maximum atomic E-state index is 11.4. The van der Waals surface area contributed by atoms with Gasteiger partial charge in [0.05, 0.1) is 6.26 Å². The molecule has 0 heterocycles. The summed E-state index contributed by atoms with van der Waals surface area (Å²) in [4.78, 5) is 11.4. The van der Waals surface area contributed by atoms with Crippen LogP contribution in [0.25, 0.3) is 0 Å². The monoisotopic (exact) mass is 304 g/mol. The second-order valence-electron chi connectivity index (χ2n) is 4.55. The van der Waals surface area contributed by atoms with E-state index in [0.29, 0.717) is 17.3 Å². The molecule has 0 unspecified atom stereocenters. The van der Waals surface area contributed by atoms with Crippen LogP contribution in [0.15, 0.2) is 18.2 Å². The molecule has 1 aromatic carbocycles. The number of hydrogen-bond acceptors (Lipinski definition) is 3. The number of carbonyl (C=O) groups is 1. The van der Waals surface area contributed by atoms with Crippen LogP contribution in [0.5, 0.6) is 0 Å². The standard InChI is InChI=1S/C12H17ClN2O3S/c1-8(2)12(16)14-7-9-4-5-10(6-11(9)13)15-19(3,17)18/h4-6,8,15H,7H2,1-3H3,(H,14,16). The van der Waals surface area contributed by atoms with Gasteiger partial charge in [0, 0.05) is 23.2 Å². The maximum Gasteiger partial charge on any atom is 0.229 e. The molecule has 0 spiro atoms. The molecule has 0 aliphatic heterocycles. The molecule has 0 atom stereocenters. The molecule has 0 radical (unpaired) electrons. The summed E-state index contributed by atoms with van der Waals surface area (Å²) in [5.41, 5.74) is 1.13. The first-order valence-corrected chi connectivity index (χ1v) is 8.00. The van der Waals surface area contributed by atoms with Gasteiger partial charge < -0.3 is 5.32 Å². The largest absolute Gasteiger partial charge is 0.352 e. The number of nitrogens with one attached hydrogen (secondary N) is 2. The van der Waals surface area contributed by atoms with E-state index in [2.05, 4.69) is 10.0 Å². The van der Waals surface area contributed by atoms with Crippen LogP contribution >= 0.6 is 11.6 Å². The Hall–Kier alpha value is -1.27. The lowest BCUT2D eigenvalue weighted by Crippen LogP contribution is -2.27. The lowest BCUT2D eigenvalue weighted by Gasteiger charge is -2.10. The van der Waals surface area contributed by atoms with Crippen LogP contribution in [0, 0.1) is 5.92 Å². The van der Waals surface area contributed by atoms with Gasteiger partial charge in [-0.15, -0.1) is 0 Å². The van der Waals surface area contributed by atoms with E-state index in [9.17, 15) is 13.2 Å². The number of anilines is 1. The first kappa shape index (κ1) is 15.8. The van der Waals surface area contributed by atoms with E-state index in [0.717, 1.165) is 11.8 Å². The van der Waals surface area contributed by atoms with E-state index >= 15 is 0 Å². The Kier molecular flexibility index (Phi) is 5.20. The van der Waals surface area contributed by atoms with Gasteiger partial charge >= 0.3 is 0 Å². The first-order valence-electron chi connectivity index (χ1n) is 5.73. The Labute approximate surface area is 118 Å². The van der Waals surface area contributed by atoms with Gasteiger partial charge in [0.15, 0.2) is 0 Å². The van der Waals surface area contributed by atoms with Crippen LogP contribution in [0.4, 0.5) is 5.69 Å². The topological polar surface area (TPSA) is 75.3 Å². The molecule has 0 aromatic heterocycles. The van der Waals surface area contributed by atoms with Crippen molar-refractivity contribution in [3.63, 3.8) is 0 Å². The third-order valence-corrected chi connectivity index (χ3v) is 3.29. The number of sulfonamides is 1. The molecule has 0 fully saturated rings. The SMILES string of the molecule is CC(C)C(=O)NCc1ccc(NS(C)(=O)=O)cc1Cl. The quantitative estimate of drug-likeness (QED) is 0.873. The zero-order valence-corrected chi connectivity index (χ0v) is 12.6. The first-order chi connectivity index (χ1) is 8.69. The number of amides is 1. The molecular formula is C12H17ClN2O3S. The summed E-state index contributed by atoms with van der Waals surface area (Å²) >= 11 is 6.04. The van der Waals surface area contributed by atoms with Crippen LogP contribution < -0.4 is 10.0 Å². The molecule has 0 saturated heterocycles. The van der Waals surface area contributed by atoms with E-state index in [1.807, 2.05) is 0 Å². The third-order valence-electron chi connectivity index (χ3n) is 2.33. The molecule has 2 N–H and O–H groups in total. The van der Waals surface area contributed by atoms with E-state index in [1.54, 1.807) is 26.0 Å². The van der Waals surface area contributed by atoms with Crippen molar-refractivity contribution < 1.29 is 13.2 Å². The molecule has 0 bridgehead atoms. The van der Waals surface area contributed by atoms with E-state index in [1.165, 1.54) is 6.07 Å². The van der Waals surface area contributed by atoms with Gasteiger partial charge in [-0.1, -0.05) is 31.5 Å². The highest BCUT2D eigenvalue weighted by atomic mass is 35.5. The van der Waals surface area contributed by atoms with Gasteiger partial charge in [0.1, 0.15) is 0 Å². The Morgan fingerprint density at radius 2 is 2.00 bits per heavy atom. The van der Waals surface area contributed by atoms with E-state index in [-0.39, 0.29) is 11.8 Å². The molecular weight excluding hydrogens is 288 g/mol. The fourth-order valence-electron chi connectivity index (χ4n) is 1.35. The number of benzene rings is 1. The molecule has 19 heavy (non-hydrogen) atoms. The second kappa shape index (κ2) is 6.25. The van der Waals surface area contributed by atoms with Crippen molar-refractivity contribution in [3.8, 4) is 0 Å². The van der Waals surface area contributed by atoms with Crippen molar-refractivity contribution in [3.05, 3.63) is 28.8 Å². The smallest absolute Gasteiger partial charge is 0.229 e. The molecule has 7 heteroatoms. The van der Waals surface area contributed by atoms with E-state index < -0.39 is 10.0 Å². The van der Waals surface area contributed by atoms with Gasteiger partial charge in [-0.05, 0) is 17.7 Å². The van der Waals surface area contributed by atoms with Crippen molar-refractivity contribution in [2.45, 2.75) is 20.4 Å². The summed E-state index contributed by atoms with van der Waals surface area (Å²) in [6.07, 6.45) is 1.07. The predicted octanol–water partition coefficient (Wildman–Crippen LogP) is 1.98. The second-order valence-corrected chi connectivity index (χ2v) is 6.71. The average Bonchev–Trinajstić information content (AvgIpc) is 2.25. The number of rotatable bonds is 5. The summed E-state index contributed by atoms with van der Waals surface area (Å²) in [7, 11) is -3.32. The highest BCUT2D eigenvalue weighted by molar-refractivity contribution is 7.92. The van der Waals surface area contributed by atoms with Crippen LogP contribution in [0.3, 0.4) is 0 Å². The Balaban J connectivity index is 2.75. The lowest BCUT2D eigenvalue weighted by molar-refractivity contribution is -0.124. The summed E-state index contributed by atoms with van der Waals surface area (Å²) in [6.45, 7) is 3.92. The normalized spacial score (nSPS) is 11.4. The van der Waals surface area contributed by atoms with E-state index in [4.69, 9.17) is 11.6 Å². The summed E-state index contributed by atoms with van der Waals surface area (Å²) in [5.74, 6) is -0.153. The highest BCUT2D eigenvalue weighted by Gasteiger charge is 2.09. The van der Waals surface area contributed by atoms with Crippen molar-refractivity contribution in [2.75, 3.05) is 11.0 Å². The average molecular weight is 305 g/mol. The van der Waals surface area contributed by atoms with Crippen molar-refractivity contribution in [1.29, 1.82) is 0 Å². The molecule has 1 amide bonds. The zero-order valence-electron chi connectivity index (χ0n) is 11.0. The minimum atomic E-state index is -3.32. The van der Waals surface area contributed by atoms with Gasteiger partial charge in [-0.25, -0.2) is 8.42 Å². The van der Waals surface area contributed by atoms with Crippen LogP contribution in [-0.2, 0) is 21.4 Å². The minimum Gasteiger partial charge on any atom is -0.352 e. The fourth-order valence-corrected chi connectivity index (χ4v) is 2.16. The number of hydrogen-bond donors (Lipinski definition) is 2. The summed E-state index contributed by atoms with van der Waals surface area (Å²) in [6, 6.07) is 4.79. The number of carbonyl (C=O) groups excluding carboxylic acids is 1.